The number of benzene rings is 3. The molecule has 1 aliphatic rings. The first-order chi connectivity index (χ1) is 15.2. The van der Waals surface area contributed by atoms with Gasteiger partial charge in [-0.3, -0.25) is 4.79 Å². The number of amides is 1. The van der Waals surface area contributed by atoms with Crippen LogP contribution in [0.2, 0.25) is 0 Å². The van der Waals surface area contributed by atoms with E-state index < -0.39 is 0 Å². The highest BCUT2D eigenvalue weighted by Crippen LogP contribution is 2.34. The van der Waals surface area contributed by atoms with Gasteiger partial charge in [-0.05, 0) is 73.0 Å². The standard InChI is InChI=1S/C27H26N2OS/c1-19-8-10-20(11-9-19)18-24-23-6-2-3-7-25(23)31-26(24)27(30)28-21-12-14-22(15-13-21)29-16-4-5-17-29/h2-3,6-15H,4-5,16-18H2,1H3,(H,28,30). The molecule has 0 radical (unpaired) electrons. The number of aryl methyl sites for hydroxylation is 1. The van der Waals surface area contributed by atoms with Crippen molar-refractivity contribution in [1.29, 1.82) is 0 Å². The molecule has 3 nitrogen and oxygen atoms in total. The molecule has 0 atom stereocenters. The Morgan fingerprint density at radius 1 is 0.935 bits per heavy atom. The van der Waals surface area contributed by atoms with Gasteiger partial charge >= 0.3 is 0 Å². The summed E-state index contributed by atoms with van der Waals surface area (Å²) < 4.78 is 1.15. The SMILES string of the molecule is Cc1ccc(Cc2c(C(=O)Nc3ccc(N4CCCC4)cc3)sc3ccccc23)cc1. The molecule has 2 heterocycles. The van der Waals surface area contributed by atoms with E-state index >= 15 is 0 Å². The largest absolute Gasteiger partial charge is 0.372 e. The van der Waals surface area contributed by atoms with Crippen LogP contribution in [0.1, 0.15) is 39.2 Å². The number of carbonyl (C=O) groups excluding carboxylic acids is 1. The molecule has 1 N–H and O–H groups in total. The van der Waals surface area contributed by atoms with Crippen LogP contribution in [0.3, 0.4) is 0 Å². The van der Waals surface area contributed by atoms with Crippen LogP contribution in [0.15, 0.2) is 72.8 Å². The van der Waals surface area contributed by atoms with E-state index in [0.717, 1.165) is 40.3 Å². The Hall–Kier alpha value is -3.11. The van der Waals surface area contributed by atoms with Gasteiger partial charge < -0.3 is 10.2 Å². The van der Waals surface area contributed by atoms with Crippen molar-refractivity contribution in [3.8, 4) is 0 Å². The summed E-state index contributed by atoms with van der Waals surface area (Å²) >= 11 is 1.58. The highest BCUT2D eigenvalue weighted by molar-refractivity contribution is 7.21. The Kier molecular flexibility index (Phi) is 5.47. The highest BCUT2D eigenvalue weighted by Gasteiger charge is 2.19. The van der Waals surface area contributed by atoms with Crippen LogP contribution in [0.4, 0.5) is 11.4 Å². The summed E-state index contributed by atoms with van der Waals surface area (Å²) in [6.07, 6.45) is 3.27. The minimum atomic E-state index is -0.0303. The van der Waals surface area contributed by atoms with Crippen LogP contribution < -0.4 is 10.2 Å². The Labute approximate surface area is 187 Å². The maximum absolute atomic E-state index is 13.3. The van der Waals surface area contributed by atoms with Crippen molar-refractivity contribution < 1.29 is 4.79 Å². The van der Waals surface area contributed by atoms with Crippen molar-refractivity contribution in [1.82, 2.24) is 0 Å². The molecule has 1 saturated heterocycles. The maximum Gasteiger partial charge on any atom is 0.266 e. The lowest BCUT2D eigenvalue weighted by molar-refractivity contribution is 0.103. The Bertz CT molecular complexity index is 1200. The number of nitrogens with one attached hydrogen (secondary N) is 1. The Morgan fingerprint density at radius 3 is 2.39 bits per heavy atom. The Balaban J connectivity index is 1.42. The molecule has 0 bridgehead atoms. The van der Waals surface area contributed by atoms with E-state index in [4.69, 9.17) is 0 Å². The first-order valence-electron chi connectivity index (χ1n) is 10.9. The van der Waals surface area contributed by atoms with Gasteiger partial charge in [0.2, 0.25) is 0 Å². The minimum Gasteiger partial charge on any atom is -0.372 e. The summed E-state index contributed by atoms with van der Waals surface area (Å²) in [6.45, 7) is 4.34. The van der Waals surface area contributed by atoms with Gasteiger partial charge in [-0.2, -0.15) is 0 Å². The zero-order chi connectivity index (χ0) is 21.2. The van der Waals surface area contributed by atoms with Gasteiger partial charge in [-0.25, -0.2) is 0 Å². The molecular weight excluding hydrogens is 400 g/mol. The quantitative estimate of drug-likeness (QED) is 0.387. The topological polar surface area (TPSA) is 32.3 Å². The molecule has 4 aromatic rings. The van der Waals surface area contributed by atoms with E-state index in [1.807, 2.05) is 24.3 Å². The molecule has 156 valence electrons. The monoisotopic (exact) mass is 426 g/mol. The second-order valence-electron chi connectivity index (χ2n) is 8.26. The van der Waals surface area contributed by atoms with Crippen molar-refractivity contribution in [2.75, 3.05) is 23.3 Å². The molecule has 5 rings (SSSR count). The van der Waals surface area contributed by atoms with Gasteiger partial charge in [0.15, 0.2) is 0 Å². The van der Waals surface area contributed by atoms with E-state index in [9.17, 15) is 4.79 Å². The van der Waals surface area contributed by atoms with Crippen molar-refractivity contribution >= 4 is 38.7 Å². The molecule has 3 aromatic carbocycles. The van der Waals surface area contributed by atoms with Crippen LogP contribution >= 0.6 is 11.3 Å². The van der Waals surface area contributed by atoms with Crippen LogP contribution in [-0.2, 0) is 6.42 Å². The van der Waals surface area contributed by atoms with E-state index in [0.29, 0.717) is 0 Å². The third kappa shape index (κ3) is 4.21. The van der Waals surface area contributed by atoms with Crippen molar-refractivity contribution in [2.24, 2.45) is 0 Å². The lowest BCUT2D eigenvalue weighted by Crippen LogP contribution is -2.17. The lowest BCUT2D eigenvalue weighted by Gasteiger charge is -2.17. The number of hydrogen-bond donors (Lipinski definition) is 1. The number of carbonyl (C=O) groups is 1. The first-order valence-corrected chi connectivity index (χ1v) is 11.7. The predicted molar refractivity (Wildman–Crippen MR) is 132 cm³/mol. The maximum atomic E-state index is 13.3. The summed E-state index contributed by atoms with van der Waals surface area (Å²) in [6, 6.07) is 25.1. The fourth-order valence-corrected chi connectivity index (χ4v) is 5.40. The van der Waals surface area contributed by atoms with E-state index in [1.54, 1.807) is 11.3 Å². The van der Waals surface area contributed by atoms with Crippen molar-refractivity contribution in [3.63, 3.8) is 0 Å². The highest BCUT2D eigenvalue weighted by atomic mass is 32.1. The molecule has 1 aromatic heterocycles. The third-order valence-electron chi connectivity index (χ3n) is 6.00. The number of thiophene rings is 1. The molecule has 0 saturated carbocycles. The van der Waals surface area contributed by atoms with Crippen molar-refractivity contribution in [2.45, 2.75) is 26.2 Å². The molecule has 0 spiro atoms. The zero-order valence-electron chi connectivity index (χ0n) is 17.7. The zero-order valence-corrected chi connectivity index (χ0v) is 18.5. The Morgan fingerprint density at radius 2 is 1.65 bits per heavy atom. The van der Waals surface area contributed by atoms with E-state index in [2.05, 4.69) is 65.7 Å². The summed E-state index contributed by atoms with van der Waals surface area (Å²) in [5.41, 5.74) is 5.65. The number of nitrogens with zero attached hydrogens (tertiary/aromatic N) is 1. The normalized spacial score (nSPS) is 13.6. The van der Waals surface area contributed by atoms with Crippen LogP contribution in [-0.4, -0.2) is 19.0 Å². The van der Waals surface area contributed by atoms with Crippen LogP contribution in [0.25, 0.3) is 10.1 Å². The average Bonchev–Trinajstić information content (AvgIpc) is 3.45. The summed E-state index contributed by atoms with van der Waals surface area (Å²) in [5.74, 6) is -0.0303. The second-order valence-corrected chi connectivity index (χ2v) is 9.32. The van der Waals surface area contributed by atoms with E-state index in [1.165, 1.54) is 35.0 Å². The van der Waals surface area contributed by atoms with Gasteiger partial charge in [0, 0.05) is 29.2 Å². The van der Waals surface area contributed by atoms with Gasteiger partial charge in [0.1, 0.15) is 0 Å². The fourth-order valence-electron chi connectivity index (χ4n) is 4.29. The second kappa shape index (κ2) is 8.56. The van der Waals surface area contributed by atoms with Gasteiger partial charge in [0.05, 0.1) is 4.88 Å². The molecule has 0 aliphatic carbocycles. The molecule has 1 amide bonds. The molecule has 0 unspecified atom stereocenters. The number of anilines is 2. The van der Waals surface area contributed by atoms with Gasteiger partial charge in [-0.1, -0.05) is 48.0 Å². The number of rotatable bonds is 5. The minimum absolute atomic E-state index is 0.0303. The molecular formula is C27H26N2OS. The molecule has 1 aliphatic heterocycles. The summed E-state index contributed by atoms with van der Waals surface area (Å²) in [5, 5.41) is 4.29. The lowest BCUT2D eigenvalue weighted by atomic mass is 10.0. The smallest absolute Gasteiger partial charge is 0.266 e. The first kappa shape index (κ1) is 19.8. The third-order valence-corrected chi connectivity index (χ3v) is 7.21. The average molecular weight is 427 g/mol. The van der Waals surface area contributed by atoms with Crippen molar-refractivity contribution in [3.05, 3.63) is 94.4 Å². The molecule has 31 heavy (non-hydrogen) atoms. The van der Waals surface area contributed by atoms with Crippen LogP contribution in [0.5, 0.6) is 0 Å². The molecule has 4 heteroatoms. The summed E-state index contributed by atoms with van der Waals surface area (Å²) in [4.78, 5) is 16.5. The molecule has 1 fully saturated rings. The predicted octanol–water partition coefficient (Wildman–Crippen LogP) is 6.65. The van der Waals surface area contributed by atoms with E-state index in [-0.39, 0.29) is 5.91 Å². The van der Waals surface area contributed by atoms with Crippen LogP contribution in [0, 0.1) is 6.92 Å². The summed E-state index contributed by atoms with van der Waals surface area (Å²) in [7, 11) is 0. The number of fused-ring (bicyclic) bond motifs is 1. The fraction of sp³-hybridized carbons (Fsp3) is 0.222. The van der Waals surface area contributed by atoms with Gasteiger partial charge in [-0.15, -0.1) is 11.3 Å². The van der Waals surface area contributed by atoms with Gasteiger partial charge in [0.25, 0.3) is 5.91 Å². The number of hydrogen-bond acceptors (Lipinski definition) is 3.